The fraction of sp³-hybridized carbons (Fsp3) is 0.333. The molecule has 1 fully saturated rings. The second-order valence-electron chi connectivity index (χ2n) is 7.26. The third kappa shape index (κ3) is 4.29. The fourth-order valence-corrected chi connectivity index (χ4v) is 4.95. The summed E-state index contributed by atoms with van der Waals surface area (Å²) in [7, 11) is 0. The number of aromatic nitrogens is 1. The summed E-state index contributed by atoms with van der Waals surface area (Å²) in [5, 5.41) is 10.8. The minimum absolute atomic E-state index is 0.0682. The van der Waals surface area contributed by atoms with E-state index in [-0.39, 0.29) is 6.42 Å². The van der Waals surface area contributed by atoms with E-state index in [1.807, 2.05) is 36.4 Å². The van der Waals surface area contributed by atoms with E-state index in [0.29, 0.717) is 6.04 Å². The Kier molecular flexibility index (Phi) is 5.53. The molecule has 1 saturated heterocycles. The summed E-state index contributed by atoms with van der Waals surface area (Å²) < 4.78 is 1.12. The molecule has 0 bridgehead atoms. The Morgan fingerprint density at radius 3 is 2.86 bits per heavy atom. The van der Waals surface area contributed by atoms with Crippen LogP contribution >= 0.6 is 22.9 Å². The lowest BCUT2D eigenvalue weighted by atomic mass is 10.1. The molecule has 0 saturated carbocycles. The summed E-state index contributed by atoms with van der Waals surface area (Å²) in [6.45, 7) is 5.85. The maximum absolute atomic E-state index is 10.9. The molecule has 0 aliphatic carbocycles. The van der Waals surface area contributed by atoms with Gasteiger partial charge in [0.1, 0.15) is 0 Å². The summed E-state index contributed by atoms with van der Waals surface area (Å²) in [4.78, 5) is 20.5. The van der Waals surface area contributed by atoms with Gasteiger partial charge >= 0.3 is 5.97 Å². The molecular weight excluding hydrogens is 394 g/mol. The number of anilines is 1. The normalized spacial score (nSPS) is 17.9. The monoisotopic (exact) mass is 415 g/mol. The minimum Gasteiger partial charge on any atom is -0.481 e. The van der Waals surface area contributed by atoms with E-state index >= 15 is 0 Å². The van der Waals surface area contributed by atoms with Gasteiger partial charge in [0.25, 0.3) is 0 Å². The first kappa shape index (κ1) is 19.2. The Labute approximate surface area is 173 Å². The molecule has 3 aromatic rings. The van der Waals surface area contributed by atoms with E-state index < -0.39 is 5.97 Å². The number of carbonyl (C=O) groups is 1. The summed E-state index contributed by atoms with van der Waals surface area (Å²) in [6.07, 6.45) is 0.0682. The number of hydrogen-bond donors (Lipinski definition) is 1. The number of hydrogen-bond acceptors (Lipinski definition) is 5. The summed E-state index contributed by atoms with van der Waals surface area (Å²) in [6, 6.07) is 14.1. The zero-order valence-electron chi connectivity index (χ0n) is 15.6. The number of aliphatic carboxylic acids is 1. The molecule has 1 N–H and O–H groups in total. The standard InChI is InChI=1S/C21H22ClN3O2S/c1-14-12-25(21-23-18-6-5-17(22)11-19(18)28-21)8-7-24(14)13-16-4-2-3-15(9-16)10-20(26)27/h2-6,9,11,14H,7-8,10,12-13H2,1H3,(H,26,27)/t14-/m0/s1. The van der Waals surface area contributed by atoms with Crippen molar-refractivity contribution in [1.82, 2.24) is 9.88 Å². The van der Waals surface area contributed by atoms with Gasteiger partial charge in [-0.05, 0) is 36.2 Å². The van der Waals surface area contributed by atoms with Gasteiger partial charge in [-0.1, -0.05) is 47.2 Å². The van der Waals surface area contributed by atoms with Crippen LogP contribution < -0.4 is 4.90 Å². The Morgan fingerprint density at radius 2 is 2.07 bits per heavy atom. The van der Waals surface area contributed by atoms with Crippen molar-refractivity contribution < 1.29 is 9.90 Å². The van der Waals surface area contributed by atoms with Crippen molar-refractivity contribution in [2.45, 2.75) is 25.9 Å². The Bertz CT molecular complexity index is 1010. The summed E-state index contributed by atoms with van der Waals surface area (Å²) >= 11 is 7.79. The number of fused-ring (bicyclic) bond motifs is 1. The highest BCUT2D eigenvalue weighted by molar-refractivity contribution is 7.22. The van der Waals surface area contributed by atoms with Crippen LogP contribution in [-0.2, 0) is 17.8 Å². The molecule has 2 aromatic carbocycles. The quantitative estimate of drug-likeness (QED) is 0.673. The molecule has 0 amide bonds. The number of nitrogens with zero attached hydrogens (tertiary/aromatic N) is 3. The van der Waals surface area contributed by atoms with Crippen LogP contribution in [0.2, 0.25) is 5.02 Å². The highest BCUT2D eigenvalue weighted by Crippen LogP contribution is 2.32. The topological polar surface area (TPSA) is 56.7 Å². The molecule has 28 heavy (non-hydrogen) atoms. The minimum atomic E-state index is -0.795. The average molecular weight is 416 g/mol. The van der Waals surface area contributed by atoms with Gasteiger partial charge < -0.3 is 10.0 Å². The van der Waals surface area contributed by atoms with E-state index in [9.17, 15) is 4.79 Å². The van der Waals surface area contributed by atoms with Gasteiger partial charge in [-0.3, -0.25) is 9.69 Å². The Hall–Kier alpha value is -2.15. The molecule has 2 heterocycles. The lowest BCUT2D eigenvalue weighted by Gasteiger charge is -2.39. The van der Waals surface area contributed by atoms with Crippen molar-refractivity contribution in [2.75, 3.05) is 24.5 Å². The first-order valence-corrected chi connectivity index (χ1v) is 10.5. The molecule has 146 valence electrons. The molecule has 0 unspecified atom stereocenters. The molecule has 0 radical (unpaired) electrons. The van der Waals surface area contributed by atoms with Gasteiger partial charge in [0.2, 0.25) is 0 Å². The maximum atomic E-state index is 10.9. The van der Waals surface area contributed by atoms with Gasteiger partial charge in [-0.25, -0.2) is 4.98 Å². The van der Waals surface area contributed by atoms with E-state index in [0.717, 1.165) is 57.7 Å². The smallest absolute Gasteiger partial charge is 0.307 e. The first-order chi connectivity index (χ1) is 13.5. The molecule has 1 aliphatic heterocycles. The van der Waals surface area contributed by atoms with Crippen LogP contribution in [0, 0.1) is 0 Å². The van der Waals surface area contributed by atoms with Crippen LogP contribution in [0.5, 0.6) is 0 Å². The lowest BCUT2D eigenvalue weighted by molar-refractivity contribution is -0.136. The number of carboxylic acid groups (broad SMARTS) is 1. The van der Waals surface area contributed by atoms with Crippen molar-refractivity contribution in [1.29, 1.82) is 0 Å². The third-order valence-electron chi connectivity index (χ3n) is 5.11. The van der Waals surface area contributed by atoms with E-state index in [1.54, 1.807) is 11.3 Å². The first-order valence-electron chi connectivity index (χ1n) is 9.32. The van der Waals surface area contributed by atoms with Gasteiger partial charge in [0, 0.05) is 37.2 Å². The molecule has 5 nitrogen and oxygen atoms in total. The zero-order valence-corrected chi connectivity index (χ0v) is 17.2. The SMILES string of the molecule is C[C@H]1CN(c2nc3ccc(Cl)cc3s2)CCN1Cc1cccc(CC(=O)O)c1. The number of benzene rings is 2. The second-order valence-corrected chi connectivity index (χ2v) is 8.71. The van der Waals surface area contributed by atoms with Crippen LogP contribution in [0.4, 0.5) is 5.13 Å². The van der Waals surface area contributed by atoms with Crippen molar-refractivity contribution >= 4 is 44.3 Å². The van der Waals surface area contributed by atoms with E-state index in [2.05, 4.69) is 22.8 Å². The third-order valence-corrected chi connectivity index (χ3v) is 6.42. The largest absolute Gasteiger partial charge is 0.481 e. The predicted octanol–water partition coefficient (Wildman–Crippen LogP) is 4.29. The number of piperazine rings is 1. The number of halogens is 1. The lowest BCUT2D eigenvalue weighted by Crippen LogP contribution is -2.51. The van der Waals surface area contributed by atoms with Crippen LogP contribution in [0.1, 0.15) is 18.1 Å². The molecule has 1 atom stereocenters. The highest BCUT2D eigenvalue weighted by atomic mass is 35.5. The second kappa shape index (κ2) is 8.07. The average Bonchev–Trinajstić information content (AvgIpc) is 3.06. The molecule has 1 aliphatic rings. The molecule has 7 heteroatoms. The number of thiazole rings is 1. The number of rotatable bonds is 5. The van der Waals surface area contributed by atoms with E-state index in [4.69, 9.17) is 21.7 Å². The summed E-state index contributed by atoms with van der Waals surface area (Å²) in [5.74, 6) is -0.795. The van der Waals surface area contributed by atoms with Crippen molar-refractivity contribution in [2.24, 2.45) is 0 Å². The predicted molar refractivity (Wildman–Crippen MR) is 114 cm³/mol. The molecule has 4 rings (SSSR count). The Balaban J connectivity index is 1.43. The molecule has 1 aromatic heterocycles. The van der Waals surface area contributed by atoms with Gasteiger partial charge in [0.05, 0.1) is 16.6 Å². The summed E-state index contributed by atoms with van der Waals surface area (Å²) in [5.41, 5.74) is 3.01. The number of carboxylic acids is 1. The molecular formula is C21H22ClN3O2S. The van der Waals surface area contributed by atoms with E-state index in [1.165, 1.54) is 0 Å². The molecule has 0 spiro atoms. The zero-order chi connectivity index (χ0) is 19.7. The van der Waals surface area contributed by atoms with Crippen LogP contribution in [0.25, 0.3) is 10.2 Å². The van der Waals surface area contributed by atoms with Gasteiger partial charge in [0.15, 0.2) is 5.13 Å². The van der Waals surface area contributed by atoms with Gasteiger partial charge in [-0.15, -0.1) is 0 Å². The van der Waals surface area contributed by atoms with Crippen molar-refractivity contribution in [3.63, 3.8) is 0 Å². The van der Waals surface area contributed by atoms with Crippen LogP contribution in [0.15, 0.2) is 42.5 Å². The highest BCUT2D eigenvalue weighted by Gasteiger charge is 2.25. The van der Waals surface area contributed by atoms with Crippen molar-refractivity contribution in [3.8, 4) is 0 Å². The van der Waals surface area contributed by atoms with Crippen molar-refractivity contribution in [3.05, 3.63) is 58.6 Å². The maximum Gasteiger partial charge on any atom is 0.307 e. The fourth-order valence-electron chi connectivity index (χ4n) is 3.67. The van der Waals surface area contributed by atoms with Crippen LogP contribution in [-0.4, -0.2) is 46.6 Å². The van der Waals surface area contributed by atoms with Crippen LogP contribution in [0.3, 0.4) is 0 Å². The van der Waals surface area contributed by atoms with Gasteiger partial charge in [-0.2, -0.15) is 0 Å². The Morgan fingerprint density at radius 1 is 1.25 bits per heavy atom.